The lowest BCUT2D eigenvalue weighted by Gasteiger charge is -2.23. The molecule has 0 aliphatic carbocycles. The van der Waals surface area contributed by atoms with Crippen LogP contribution in [0.1, 0.15) is 35.7 Å². The molecule has 1 aromatic rings. The second-order valence-electron chi connectivity index (χ2n) is 5.86. The van der Waals surface area contributed by atoms with Crippen molar-refractivity contribution in [2.75, 3.05) is 11.1 Å². The first-order valence-corrected chi connectivity index (χ1v) is 8.89. The highest BCUT2D eigenvalue weighted by molar-refractivity contribution is 8.00. The Morgan fingerprint density at radius 1 is 1.29 bits per heavy atom. The van der Waals surface area contributed by atoms with E-state index >= 15 is 0 Å². The SMILES string of the molecule is CC1=CNC(SCC(=O)c2ccc3c(c2)CCCC(=O)N3)NC1=O. The van der Waals surface area contributed by atoms with Gasteiger partial charge >= 0.3 is 0 Å². The van der Waals surface area contributed by atoms with Crippen molar-refractivity contribution in [1.29, 1.82) is 0 Å². The van der Waals surface area contributed by atoms with Gasteiger partial charge in [0.15, 0.2) is 5.78 Å². The molecule has 3 N–H and O–H groups in total. The third kappa shape index (κ3) is 3.79. The van der Waals surface area contributed by atoms with E-state index in [-0.39, 0.29) is 28.8 Å². The topological polar surface area (TPSA) is 87.3 Å². The van der Waals surface area contributed by atoms with Gasteiger partial charge in [-0.1, -0.05) is 0 Å². The third-order valence-corrected chi connectivity index (χ3v) is 5.02. The zero-order chi connectivity index (χ0) is 17.1. The summed E-state index contributed by atoms with van der Waals surface area (Å²) in [6, 6.07) is 5.40. The van der Waals surface area contributed by atoms with Gasteiger partial charge in [-0.05, 0) is 43.5 Å². The van der Waals surface area contributed by atoms with Crippen LogP contribution >= 0.6 is 11.8 Å². The molecule has 126 valence electrons. The third-order valence-electron chi connectivity index (χ3n) is 4.00. The molecular weight excluding hydrogens is 326 g/mol. The molecule has 1 unspecified atom stereocenters. The number of rotatable bonds is 4. The van der Waals surface area contributed by atoms with E-state index in [1.165, 1.54) is 11.8 Å². The molecule has 0 spiro atoms. The lowest BCUT2D eigenvalue weighted by molar-refractivity contribution is -0.118. The van der Waals surface area contributed by atoms with Gasteiger partial charge in [0, 0.05) is 29.4 Å². The number of thioether (sulfide) groups is 1. The van der Waals surface area contributed by atoms with Crippen LogP contribution in [0.5, 0.6) is 0 Å². The van der Waals surface area contributed by atoms with Crippen LogP contribution in [-0.4, -0.2) is 28.8 Å². The Balaban J connectivity index is 1.62. The van der Waals surface area contributed by atoms with Crippen molar-refractivity contribution in [1.82, 2.24) is 10.6 Å². The average molecular weight is 345 g/mol. The monoisotopic (exact) mass is 345 g/mol. The minimum absolute atomic E-state index is 0.000646. The molecule has 2 amide bonds. The van der Waals surface area contributed by atoms with Crippen LogP contribution in [0, 0.1) is 0 Å². The van der Waals surface area contributed by atoms with Crippen molar-refractivity contribution < 1.29 is 14.4 Å². The van der Waals surface area contributed by atoms with Crippen molar-refractivity contribution in [3.8, 4) is 0 Å². The second-order valence-corrected chi connectivity index (χ2v) is 6.95. The average Bonchev–Trinajstić information content (AvgIpc) is 2.75. The number of aryl methyl sites for hydroxylation is 1. The molecule has 0 radical (unpaired) electrons. The molecule has 0 bridgehead atoms. The smallest absolute Gasteiger partial charge is 0.250 e. The first-order valence-electron chi connectivity index (χ1n) is 7.84. The Morgan fingerprint density at radius 3 is 2.92 bits per heavy atom. The van der Waals surface area contributed by atoms with E-state index in [1.54, 1.807) is 25.3 Å². The van der Waals surface area contributed by atoms with Gasteiger partial charge in [0.25, 0.3) is 5.91 Å². The van der Waals surface area contributed by atoms with E-state index in [4.69, 9.17) is 0 Å². The molecule has 0 saturated carbocycles. The van der Waals surface area contributed by atoms with Gasteiger partial charge in [0.2, 0.25) is 5.91 Å². The van der Waals surface area contributed by atoms with Crippen LogP contribution in [0.4, 0.5) is 5.69 Å². The molecule has 7 heteroatoms. The fraction of sp³-hybridized carbons (Fsp3) is 0.353. The summed E-state index contributed by atoms with van der Waals surface area (Å²) in [6.07, 6.45) is 3.74. The van der Waals surface area contributed by atoms with E-state index in [1.807, 2.05) is 6.07 Å². The minimum atomic E-state index is -0.301. The number of Topliss-reactive ketones (excluding diaryl/α,β-unsaturated/α-hetero) is 1. The molecule has 24 heavy (non-hydrogen) atoms. The number of ketones is 1. The molecule has 0 fully saturated rings. The Labute approximate surface area is 144 Å². The summed E-state index contributed by atoms with van der Waals surface area (Å²) in [5.41, 5.74) is 2.74. The molecule has 2 heterocycles. The number of hydrogen-bond donors (Lipinski definition) is 3. The number of anilines is 1. The highest BCUT2D eigenvalue weighted by Gasteiger charge is 2.20. The van der Waals surface area contributed by atoms with Crippen molar-refractivity contribution in [2.24, 2.45) is 0 Å². The largest absolute Gasteiger partial charge is 0.362 e. The fourth-order valence-corrected chi connectivity index (χ4v) is 3.46. The molecule has 0 saturated heterocycles. The van der Waals surface area contributed by atoms with Crippen molar-refractivity contribution in [3.63, 3.8) is 0 Å². The number of benzene rings is 1. The molecule has 1 atom stereocenters. The van der Waals surface area contributed by atoms with Crippen LogP contribution in [0.3, 0.4) is 0 Å². The molecule has 1 aromatic carbocycles. The lowest BCUT2D eigenvalue weighted by Crippen LogP contribution is -2.45. The van der Waals surface area contributed by atoms with Crippen LogP contribution in [-0.2, 0) is 16.0 Å². The zero-order valence-corrected chi connectivity index (χ0v) is 14.2. The lowest BCUT2D eigenvalue weighted by atomic mass is 10.0. The van der Waals surface area contributed by atoms with Gasteiger partial charge in [-0.15, -0.1) is 11.8 Å². The Hall–Kier alpha value is -2.28. The van der Waals surface area contributed by atoms with Gasteiger partial charge in [-0.2, -0.15) is 0 Å². The predicted molar refractivity (Wildman–Crippen MR) is 93.6 cm³/mol. The molecular formula is C17H19N3O3S. The predicted octanol–water partition coefficient (Wildman–Crippen LogP) is 1.78. The van der Waals surface area contributed by atoms with Gasteiger partial charge < -0.3 is 16.0 Å². The minimum Gasteiger partial charge on any atom is -0.362 e. The first-order chi connectivity index (χ1) is 11.5. The Kier molecular flexibility index (Phi) is 4.89. The maximum Gasteiger partial charge on any atom is 0.250 e. The summed E-state index contributed by atoms with van der Waals surface area (Å²) in [6.45, 7) is 1.73. The molecule has 3 rings (SSSR count). The number of hydrogen-bond acceptors (Lipinski definition) is 5. The van der Waals surface area contributed by atoms with E-state index < -0.39 is 0 Å². The molecule has 6 nitrogen and oxygen atoms in total. The quantitative estimate of drug-likeness (QED) is 0.724. The van der Waals surface area contributed by atoms with Crippen molar-refractivity contribution in [3.05, 3.63) is 41.1 Å². The molecule has 2 aliphatic heterocycles. The number of amides is 2. The second kappa shape index (κ2) is 7.09. The summed E-state index contributed by atoms with van der Waals surface area (Å²) in [7, 11) is 0. The molecule has 2 aliphatic rings. The summed E-state index contributed by atoms with van der Waals surface area (Å²) in [5.74, 6) is 0.154. The standard InChI is InChI=1S/C17H19N3O3S/c1-10-8-18-17(20-16(10)23)24-9-14(21)12-5-6-13-11(7-12)3-2-4-15(22)19-13/h5-8,17-18H,2-4,9H2,1H3,(H,19,22)(H,20,23). The van der Waals surface area contributed by atoms with E-state index in [9.17, 15) is 14.4 Å². The highest BCUT2D eigenvalue weighted by Crippen LogP contribution is 2.24. The van der Waals surface area contributed by atoms with Gasteiger partial charge in [0.1, 0.15) is 5.50 Å². The number of carbonyl (C=O) groups excluding carboxylic acids is 3. The summed E-state index contributed by atoms with van der Waals surface area (Å²) in [4.78, 5) is 35.6. The number of fused-ring (bicyclic) bond motifs is 1. The van der Waals surface area contributed by atoms with Crippen molar-refractivity contribution >= 4 is 35.0 Å². The van der Waals surface area contributed by atoms with E-state index in [2.05, 4.69) is 16.0 Å². The number of nitrogens with one attached hydrogen (secondary N) is 3. The Bertz CT molecular complexity index is 730. The normalized spacial score (nSPS) is 20.0. The number of carbonyl (C=O) groups is 3. The zero-order valence-electron chi connectivity index (χ0n) is 13.3. The maximum absolute atomic E-state index is 12.4. The van der Waals surface area contributed by atoms with Gasteiger partial charge in [-0.3, -0.25) is 14.4 Å². The van der Waals surface area contributed by atoms with Crippen LogP contribution < -0.4 is 16.0 Å². The summed E-state index contributed by atoms with van der Waals surface area (Å²) in [5, 5.41) is 8.68. The fourth-order valence-electron chi connectivity index (χ4n) is 2.62. The van der Waals surface area contributed by atoms with Crippen LogP contribution in [0.15, 0.2) is 30.0 Å². The Morgan fingerprint density at radius 2 is 2.12 bits per heavy atom. The van der Waals surface area contributed by atoms with Gasteiger partial charge in [-0.25, -0.2) is 0 Å². The summed E-state index contributed by atoms with van der Waals surface area (Å²) >= 11 is 1.34. The highest BCUT2D eigenvalue weighted by atomic mass is 32.2. The van der Waals surface area contributed by atoms with E-state index in [0.717, 1.165) is 24.1 Å². The van der Waals surface area contributed by atoms with Gasteiger partial charge in [0.05, 0.1) is 5.75 Å². The molecule has 0 aromatic heterocycles. The van der Waals surface area contributed by atoms with E-state index in [0.29, 0.717) is 17.6 Å². The van der Waals surface area contributed by atoms with Crippen LogP contribution in [0.2, 0.25) is 0 Å². The first kappa shape index (κ1) is 16.6. The maximum atomic E-state index is 12.4. The van der Waals surface area contributed by atoms with Crippen molar-refractivity contribution in [2.45, 2.75) is 31.7 Å². The van der Waals surface area contributed by atoms with Crippen LogP contribution in [0.25, 0.3) is 0 Å². The summed E-state index contributed by atoms with van der Waals surface area (Å²) < 4.78 is 0.